The molecule has 5 nitrogen and oxygen atoms in total. The van der Waals surface area contributed by atoms with Crippen LogP contribution in [0.4, 0.5) is 0 Å². The molecule has 1 aromatic heterocycles. The molecule has 2 rings (SSSR count). The maximum absolute atomic E-state index is 12.1. The van der Waals surface area contributed by atoms with Gasteiger partial charge in [-0.25, -0.2) is 4.79 Å². The van der Waals surface area contributed by atoms with Crippen molar-refractivity contribution in [1.29, 1.82) is 0 Å². The third-order valence-corrected chi connectivity index (χ3v) is 3.73. The van der Waals surface area contributed by atoms with Crippen molar-refractivity contribution in [3.8, 4) is 0 Å². The van der Waals surface area contributed by atoms with E-state index in [2.05, 4.69) is 10.3 Å². The fourth-order valence-electron chi connectivity index (χ4n) is 2.57. The number of carboxylic acids is 1. The van der Waals surface area contributed by atoms with Gasteiger partial charge in [0.15, 0.2) is 0 Å². The topological polar surface area (TPSA) is 79.3 Å². The van der Waals surface area contributed by atoms with Crippen LogP contribution in [0.25, 0.3) is 0 Å². The number of pyridine rings is 1. The summed E-state index contributed by atoms with van der Waals surface area (Å²) in [5.41, 5.74) is 0.769. The van der Waals surface area contributed by atoms with Gasteiger partial charge in [0.2, 0.25) is 5.91 Å². The van der Waals surface area contributed by atoms with Crippen molar-refractivity contribution in [3.05, 3.63) is 29.6 Å². The fraction of sp³-hybridized carbons (Fsp3) is 0.533. The van der Waals surface area contributed by atoms with Crippen molar-refractivity contribution in [2.75, 3.05) is 0 Å². The summed E-state index contributed by atoms with van der Waals surface area (Å²) in [6, 6.07) is 2.94. The summed E-state index contributed by atoms with van der Waals surface area (Å²) in [5.74, 6) is -0.821. The number of carbonyl (C=O) groups is 2. The minimum absolute atomic E-state index is 0.0643. The number of carboxylic acid groups (broad SMARTS) is 1. The highest BCUT2D eigenvalue weighted by atomic mass is 16.4. The minimum atomic E-state index is -0.983. The highest BCUT2D eigenvalue weighted by Gasteiger charge is 2.19. The first kappa shape index (κ1) is 14.5. The predicted octanol–water partition coefficient (Wildman–Crippen LogP) is 2.37. The first-order chi connectivity index (χ1) is 9.66. The maximum atomic E-state index is 12.1. The van der Waals surface area contributed by atoms with E-state index in [1.807, 2.05) is 0 Å². The van der Waals surface area contributed by atoms with Gasteiger partial charge in [0, 0.05) is 12.1 Å². The Hall–Kier alpha value is -1.91. The molecule has 0 aliphatic heterocycles. The van der Waals surface area contributed by atoms with Gasteiger partial charge in [0.05, 0.1) is 17.8 Å². The first-order valence-electron chi connectivity index (χ1n) is 7.13. The van der Waals surface area contributed by atoms with Crippen LogP contribution in [0.2, 0.25) is 0 Å². The summed E-state index contributed by atoms with van der Waals surface area (Å²) in [6.07, 6.45) is 8.02. The van der Waals surface area contributed by atoms with Crippen molar-refractivity contribution in [1.82, 2.24) is 10.3 Å². The van der Waals surface area contributed by atoms with E-state index >= 15 is 0 Å². The number of nitrogens with one attached hydrogen (secondary N) is 1. The normalized spacial score (nSPS) is 16.4. The quantitative estimate of drug-likeness (QED) is 0.827. The van der Waals surface area contributed by atoms with Crippen molar-refractivity contribution in [3.63, 3.8) is 0 Å². The van der Waals surface area contributed by atoms with E-state index in [4.69, 9.17) is 5.11 Å². The number of nitrogens with zero attached hydrogens (tertiary/aromatic N) is 1. The monoisotopic (exact) mass is 276 g/mol. The second-order valence-corrected chi connectivity index (χ2v) is 5.25. The minimum Gasteiger partial charge on any atom is -0.478 e. The van der Waals surface area contributed by atoms with E-state index in [9.17, 15) is 9.59 Å². The van der Waals surface area contributed by atoms with Crippen LogP contribution in [0.1, 0.15) is 54.6 Å². The Kier molecular flexibility index (Phi) is 5.09. The molecule has 1 fully saturated rings. The average Bonchev–Trinajstić information content (AvgIpc) is 2.74. The van der Waals surface area contributed by atoms with Gasteiger partial charge in [-0.15, -0.1) is 0 Å². The predicted molar refractivity (Wildman–Crippen MR) is 74.2 cm³/mol. The number of carbonyl (C=O) groups excluding carboxylic acids is 1. The van der Waals surface area contributed by atoms with E-state index in [1.54, 1.807) is 0 Å². The van der Waals surface area contributed by atoms with Crippen LogP contribution in [0, 0.1) is 5.92 Å². The van der Waals surface area contributed by atoms with Crippen LogP contribution in [0.15, 0.2) is 18.3 Å². The lowest BCUT2D eigenvalue weighted by Crippen LogP contribution is -2.30. The summed E-state index contributed by atoms with van der Waals surface area (Å²) in [6.45, 7) is 0.288. The number of hydrogen-bond donors (Lipinski definition) is 2. The van der Waals surface area contributed by atoms with E-state index in [1.165, 1.54) is 31.2 Å². The van der Waals surface area contributed by atoms with E-state index in [-0.39, 0.29) is 23.9 Å². The number of hydrogen-bond acceptors (Lipinski definition) is 3. The zero-order valence-corrected chi connectivity index (χ0v) is 11.5. The van der Waals surface area contributed by atoms with Crippen molar-refractivity contribution in [2.24, 2.45) is 5.92 Å². The summed E-state index contributed by atoms with van der Waals surface area (Å²) >= 11 is 0. The van der Waals surface area contributed by atoms with Crippen LogP contribution >= 0.6 is 0 Å². The van der Waals surface area contributed by atoms with Crippen LogP contribution < -0.4 is 5.32 Å². The molecular weight excluding hydrogens is 256 g/mol. The van der Waals surface area contributed by atoms with E-state index in [0.717, 1.165) is 25.7 Å². The molecule has 1 saturated carbocycles. The van der Waals surface area contributed by atoms with E-state index < -0.39 is 5.97 Å². The highest BCUT2D eigenvalue weighted by molar-refractivity contribution is 5.87. The number of rotatable bonds is 4. The molecule has 1 aliphatic carbocycles. The van der Waals surface area contributed by atoms with Crippen LogP contribution in [0.3, 0.4) is 0 Å². The lowest BCUT2D eigenvalue weighted by molar-refractivity contribution is -0.125. The molecule has 108 valence electrons. The Morgan fingerprint density at radius 3 is 2.60 bits per heavy atom. The number of amides is 1. The third-order valence-electron chi connectivity index (χ3n) is 3.73. The molecule has 0 radical (unpaired) electrons. The van der Waals surface area contributed by atoms with Gasteiger partial charge in [0.1, 0.15) is 0 Å². The van der Waals surface area contributed by atoms with Gasteiger partial charge < -0.3 is 10.4 Å². The molecule has 0 atom stereocenters. The summed E-state index contributed by atoms with van der Waals surface area (Å²) in [5, 5.41) is 11.8. The Bertz CT molecular complexity index is 480. The lowest BCUT2D eigenvalue weighted by Gasteiger charge is -2.13. The molecule has 0 saturated heterocycles. The average molecular weight is 276 g/mol. The Labute approximate surface area is 118 Å². The van der Waals surface area contributed by atoms with Crippen molar-refractivity contribution in [2.45, 2.75) is 45.1 Å². The van der Waals surface area contributed by atoms with Crippen molar-refractivity contribution < 1.29 is 14.7 Å². The van der Waals surface area contributed by atoms with Gasteiger partial charge in [0.25, 0.3) is 0 Å². The molecule has 2 N–H and O–H groups in total. The Balaban J connectivity index is 1.89. The first-order valence-corrected chi connectivity index (χ1v) is 7.13. The van der Waals surface area contributed by atoms with Gasteiger partial charge in [-0.2, -0.15) is 0 Å². The standard InChI is InChI=1S/C15H20N2O3/c18-14(11-5-3-1-2-4-6-11)17-10-13-9-12(15(19)20)7-8-16-13/h7-9,11H,1-6,10H2,(H,17,18)(H,19,20). The van der Waals surface area contributed by atoms with E-state index in [0.29, 0.717) is 5.69 Å². The molecule has 0 unspecified atom stereocenters. The largest absolute Gasteiger partial charge is 0.478 e. The zero-order valence-electron chi connectivity index (χ0n) is 11.5. The van der Waals surface area contributed by atoms with Gasteiger partial charge in [-0.1, -0.05) is 25.7 Å². The molecule has 0 spiro atoms. The molecule has 20 heavy (non-hydrogen) atoms. The molecule has 0 bridgehead atoms. The molecule has 0 aromatic carbocycles. The lowest BCUT2D eigenvalue weighted by atomic mass is 9.99. The smallest absolute Gasteiger partial charge is 0.335 e. The molecule has 1 amide bonds. The second kappa shape index (κ2) is 7.03. The zero-order chi connectivity index (χ0) is 14.4. The van der Waals surface area contributed by atoms with Crippen LogP contribution in [-0.2, 0) is 11.3 Å². The Morgan fingerprint density at radius 1 is 1.25 bits per heavy atom. The molecule has 1 heterocycles. The molecule has 1 aliphatic rings. The summed E-state index contributed by atoms with van der Waals surface area (Å²) in [4.78, 5) is 27.0. The van der Waals surface area contributed by atoms with Crippen LogP contribution in [-0.4, -0.2) is 22.0 Å². The fourth-order valence-corrected chi connectivity index (χ4v) is 2.57. The summed E-state index contributed by atoms with van der Waals surface area (Å²) in [7, 11) is 0. The third kappa shape index (κ3) is 4.05. The SMILES string of the molecule is O=C(O)c1ccnc(CNC(=O)C2CCCCCC2)c1. The van der Waals surface area contributed by atoms with Gasteiger partial charge in [-0.3, -0.25) is 9.78 Å². The maximum Gasteiger partial charge on any atom is 0.335 e. The van der Waals surface area contributed by atoms with Gasteiger partial charge in [-0.05, 0) is 25.0 Å². The van der Waals surface area contributed by atoms with Crippen LogP contribution in [0.5, 0.6) is 0 Å². The molecule has 1 aromatic rings. The molecular formula is C15H20N2O3. The highest BCUT2D eigenvalue weighted by Crippen LogP contribution is 2.22. The summed E-state index contributed by atoms with van der Waals surface area (Å²) < 4.78 is 0. The number of aromatic carboxylic acids is 1. The Morgan fingerprint density at radius 2 is 1.95 bits per heavy atom. The number of aromatic nitrogens is 1. The van der Waals surface area contributed by atoms with Gasteiger partial charge >= 0.3 is 5.97 Å². The van der Waals surface area contributed by atoms with Crippen molar-refractivity contribution >= 4 is 11.9 Å². The second-order valence-electron chi connectivity index (χ2n) is 5.25. The molecule has 5 heteroatoms.